The van der Waals surface area contributed by atoms with Crippen LogP contribution in [0.3, 0.4) is 0 Å². The Bertz CT molecular complexity index is 853. The Morgan fingerprint density at radius 1 is 1.12 bits per heavy atom. The van der Waals surface area contributed by atoms with E-state index in [0.29, 0.717) is 32.8 Å². The number of hydrogen-bond donors (Lipinski definition) is 2. The molecule has 2 rings (SSSR count). The van der Waals surface area contributed by atoms with Crippen LogP contribution >= 0.6 is 23.2 Å². The lowest BCUT2D eigenvalue weighted by molar-refractivity contribution is -0.120. The van der Waals surface area contributed by atoms with Crippen LogP contribution in [0, 0.1) is 0 Å². The van der Waals surface area contributed by atoms with E-state index in [9.17, 15) is 9.59 Å². The van der Waals surface area contributed by atoms with E-state index in [1.165, 1.54) is 13.2 Å². The Hall–Kier alpha value is -2.70. The van der Waals surface area contributed by atoms with Crippen LogP contribution in [0.4, 0.5) is 5.69 Å². The van der Waals surface area contributed by atoms with Crippen molar-refractivity contribution in [1.29, 1.82) is 0 Å². The number of rotatable bonds is 7. The lowest BCUT2D eigenvalue weighted by atomic mass is 10.2. The summed E-state index contributed by atoms with van der Waals surface area (Å²) in [7, 11) is 1.47. The third kappa shape index (κ3) is 5.68. The predicted molar refractivity (Wildman–Crippen MR) is 102 cm³/mol. The maximum atomic E-state index is 12.0. The van der Waals surface area contributed by atoms with Crippen LogP contribution in [-0.4, -0.2) is 25.5 Å². The van der Waals surface area contributed by atoms with E-state index in [1.54, 1.807) is 42.5 Å². The van der Waals surface area contributed by atoms with Gasteiger partial charge in [-0.05, 0) is 42.0 Å². The second kappa shape index (κ2) is 9.12. The monoisotopic (exact) mass is 394 g/mol. The summed E-state index contributed by atoms with van der Waals surface area (Å²) in [6.07, 6.45) is 2.97. The first-order valence-corrected chi connectivity index (χ1v) is 8.18. The van der Waals surface area contributed by atoms with Gasteiger partial charge in [-0.1, -0.05) is 29.3 Å². The standard InChI is InChI=1S/C18H16Cl2N2O4/c1-25-16-8-11(2-6-15(16)26-10-17(21)23)3-7-18(24)22-12-4-5-13(19)14(20)9-12/h2-9H,10H2,1H3,(H2,21,23)(H,22,24). The van der Waals surface area contributed by atoms with Gasteiger partial charge in [0, 0.05) is 11.8 Å². The first-order valence-electron chi connectivity index (χ1n) is 7.42. The van der Waals surface area contributed by atoms with E-state index in [0.717, 1.165) is 0 Å². The topological polar surface area (TPSA) is 90.7 Å². The summed E-state index contributed by atoms with van der Waals surface area (Å²) in [6.45, 7) is -0.252. The third-order valence-electron chi connectivity index (χ3n) is 3.17. The summed E-state index contributed by atoms with van der Waals surface area (Å²) in [5.74, 6) is -0.131. The Balaban J connectivity index is 2.05. The van der Waals surface area contributed by atoms with Gasteiger partial charge in [-0.2, -0.15) is 0 Å². The minimum Gasteiger partial charge on any atom is -0.493 e. The number of carbonyl (C=O) groups excluding carboxylic acids is 2. The van der Waals surface area contributed by atoms with Crippen molar-refractivity contribution in [3.63, 3.8) is 0 Å². The minimum absolute atomic E-state index is 0.252. The lowest BCUT2D eigenvalue weighted by Gasteiger charge is -2.10. The van der Waals surface area contributed by atoms with Gasteiger partial charge in [-0.3, -0.25) is 9.59 Å². The molecule has 0 aliphatic carbocycles. The highest BCUT2D eigenvalue weighted by Crippen LogP contribution is 2.28. The van der Waals surface area contributed by atoms with Crippen molar-refractivity contribution in [2.45, 2.75) is 0 Å². The highest BCUT2D eigenvalue weighted by Gasteiger charge is 2.07. The summed E-state index contributed by atoms with van der Waals surface area (Å²) in [6, 6.07) is 9.80. The zero-order valence-electron chi connectivity index (χ0n) is 13.8. The van der Waals surface area contributed by atoms with Crippen molar-refractivity contribution in [3.8, 4) is 11.5 Å². The van der Waals surface area contributed by atoms with E-state index in [4.69, 9.17) is 38.4 Å². The van der Waals surface area contributed by atoms with Crippen molar-refractivity contribution >= 4 is 46.8 Å². The molecule has 0 fully saturated rings. The highest BCUT2D eigenvalue weighted by molar-refractivity contribution is 6.42. The fourth-order valence-electron chi connectivity index (χ4n) is 1.99. The molecule has 3 N–H and O–H groups in total. The Kier molecular flexibility index (Phi) is 6.89. The van der Waals surface area contributed by atoms with Crippen molar-refractivity contribution in [1.82, 2.24) is 0 Å². The number of primary amides is 1. The molecule has 2 aromatic carbocycles. The van der Waals surface area contributed by atoms with Gasteiger partial charge < -0.3 is 20.5 Å². The van der Waals surface area contributed by atoms with Crippen molar-refractivity contribution in [2.24, 2.45) is 5.73 Å². The second-order valence-corrected chi connectivity index (χ2v) is 5.93. The van der Waals surface area contributed by atoms with Crippen LogP contribution < -0.4 is 20.5 Å². The molecule has 6 nitrogen and oxygen atoms in total. The molecule has 0 saturated carbocycles. The number of amides is 2. The van der Waals surface area contributed by atoms with Crippen LogP contribution in [-0.2, 0) is 9.59 Å². The molecule has 0 spiro atoms. The Labute approximate surface area is 160 Å². The molecule has 0 aliphatic rings. The number of ether oxygens (including phenoxy) is 2. The number of hydrogen-bond acceptors (Lipinski definition) is 4. The van der Waals surface area contributed by atoms with E-state index in [-0.39, 0.29) is 12.5 Å². The SMILES string of the molecule is COc1cc(C=CC(=O)Nc2ccc(Cl)c(Cl)c2)ccc1OCC(N)=O. The van der Waals surface area contributed by atoms with E-state index >= 15 is 0 Å². The minimum atomic E-state index is -0.588. The van der Waals surface area contributed by atoms with Gasteiger partial charge in [0.05, 0.1) is 17.2 Å². The number of carbonyl (C=O) groups is 2. The van der Waals surface area contributed by atoms with Crippen LogP contribution in [0.2, 0.25) is 10.0 Å². The summed E-state index contributed by atoms with van der Waals surface area (Å²) in [5, 5.41) is 3.44. The average molecular weight is 395 g/mol. The van der Waals surface area contributed by atoms with Gasteiger partial charge in [0.15, 0.2) is 18.1 Å². The molecule has 136 valence electrons. The van der Waals surface area contributed by atoms with E-state index < -0.39 is 5.91 Å². The van der Waals surface area contributed by atoms with Gasteiger partial charge in [-0.25, -0.2) is 0 Å². The number of methoxy groups -OCH3 is 1. The smallest absolute Gasteiger partial charge is 0.255 e. The zero-order chi connectivity index (χ0) is 19.1. The van der Waals surface area contributed by atoms with Gasteiger partial charge in [0.1, 0.15) is 0 Å². The van der Waals surface area contributed by atoms with Crippen LogP contribution in [0.1, 0.15) is 5.56 Å². The molecule has 0 unspecified atom stereocenters. The lowest BCUT2D eigenvalue weighted by Crippen LogP contribution is -2.20. The fraction of sp³-hybridized carbons (Fsp3) is 0.111. The van der Waals surface area contributed by atoms with Gasteiger partial charge in [-0.15, -0.1) is 0 Å². The summed E-state index contributed by atoms with van der Waals surface area (Å²) < 4.78 is 10.5. The number of benzene rings is 2. The maximum Gasteiger partial charge on any atom is 0.255 e. The van der Waals surface area contributed by atoms with Crippen molar-refractivity contribution in [3.05, 3.63) is 58.1 Å². The summed E-state index contributed by atoms with van der Waals surface area (Å²) >= 11 is 11.7. The van der Waals surface area contributed by atoms with E-state index in [1.807, 2.05) is 0 Å². The molecule has 0 atom stereocenters. The summed E-state index contributed by atoms with van der Waals surface area (Å²) in [5.41, 5.74) is 6.28. The Morgan fingerprint density at radius 3 is 2.54 bits per heavy atom. The molecule has 0 aliphatic heterocycles. The third-order valence-corrected chi connectivity index (χ3v) is 3.91. The number of nitrogens with one attached hydrogen (secondary N) is 1. The van der Waals surface area contributed by atoms with Crippen molar-refractivity contribution < 1.29 is 19.1 Å². The first kappa shape index (κ1) is 19.6. The number of anilines is 1. The average Bonchev–Trinajstić information content (AvgIpc) is 2.61. The van der Waals surface area contributed by atoms with Crippen molar-refractivity contribution in [2.75, 3.05) is 19.0 Å². The molecular weight excluding hydrogens is 379 g/mol. The molecule has 8 heteroatoms. The van der Waals surface area contributed by atoms with Gasteiger partial charge >= 0.3 is 0 Å². The fourth-order valence-corrected chi connectivity index (χ4v) is 2.28. The summed E-state index contributed by atoms with van der Waals surface area (Å²) in [4.78, 5) is 22.8. The predicted octanol–water partition coefficient (Wildman–Crippen LogP) is 3.52. The van der Waals surface area contributed by atoms with Gasteiger partial charge in [0.25, 0.3) is 5.91 Å². The van der Waals surface area contributed by atoms with Crippen LogP contribution in [0.25, 0.3) is 6.08 Å². The number of nitrogens with two attached hydrogens (primary N) is 1. The largest absolute Gasteiger partial charge is 0.493 e. The Morgan fingerprint density at radius 2 is 1.88 bits per heavy atom. The molecule has 0 radical (unpaired) electrons. The first-order chi connectivity index (χ1) is 12.4. The van der Waals surface area contributed by atoms with Crippen LogP contribution in [0.5, 0.6) is 11.5 Å². The second-order valence-electron chi connectivity index (χ2n) is 5.12. The zero-order valence-corrected chi connectivity index (χ0v) is 15.3. The maximum absolute atomic E-state index is 12.0. The molecule has 0 aromatic heterocycles. The molecule has 2 amide bonds. The molecule has 26 heavy (non-hydrogen) atoms. The molecule has 0 saturated heterocycles. The quantitative estimate of drug-likeness (QED) is 0.702. The molecule has 2 aromatic rings. The van der Waals surface area contributed by atoms with Gasteiger partial charge in [0.2, 0.25) is 5.91 Å². The normalized spacial score (nSPS) is 10.6. The van der Waals surface area contributed by atoms with Crippen LogP contribution in [0.15, 0.2) is 42.5 Å². The number of halogens is 2. The molecule has 0 bridgehead atoms. The highest BCUT2D eigenvalue weighted by atomic mass is 35.5. The van der Waals surface area contributed by atoms with E-state index in [2.05, 4.69) is 5.32 Å². The molecule has 0 heterocycles. The molecular formula is C18H16Cl2N2O4.